The minimum absolute atomic E-state index is 0.407. The summed E-state index contributed by atoms with van der Waals surface area (Å²) in [6, 6.07) is 10.4. The van der Waals surface area contributed by atoms with Gasteiger partial charge in [0.2, 0.25) is 0 Å². The van der Waals surface area contributed by atoms with Crippen LogP contribution in [0.3, 0.4) is 0 Å². The van der Waals surface area contributed by atoms with Crippen LogP contribution in [-0.2, 0) is 13.6 Å². The molecule has 2 aromatic rings. The van der Waals surface area contributed by atoms with Crippen molar-refractivity contribution in [1.82, 2.24) is 25.0 Å². The molecule has 2 rings (SSSR count). The zero-order chi connectivity index (χ0) is 17.4. The first-order chi connectivity index (χ1) is 11.6. The molecule has 1 aromatic heterocycles. The van der Waals surface area contributed by atoms with E-state index in [9.17, 15) is 0 Å². The summed E-state index contributed by atoms with van der Waals surface area (Å²) in [4.78, 5) is 12.4. The van der Waals surface area contributed by atoms with Crippen LogP contribution in [0.5, 0.6) is 0 Å². The zero-order valence-corrected chi connectivity index (χ0v) is 15.6. The highest BCUT2D eigenvalue weighted by Crippen LogP contribution is 2.22. The highest BCUT2D eigenvalue weighted by atomic mass is 32.2. The molecule has 0 spiro atoms. The molecular weight excluding hydrogens is 320 g/mol. The highest BCUT2D eigenvalue weighted by molar-refractivity contribution is 8.00. The van der Waals surface area contributed by atoms with E-state index < -0.39 is 0 Å². The third-order valence-corrected chi connectivity index (χ3v) is 4.55. The van der Waals surface area contributed by atoms with Crippen LogP contribution >= 0.6 is 11.8 Å². The SMILES string of the molecule is CCNC(=NCC(C)Sc1ccccc1)N(C)Cc1ncnn1C. The maximum Gasteiger partial charge on any atom is 0.194 e. The van der Waals surface area contributed by atoms with E-state index in [1.54, 1.807) is 11.0 Å². The molecule has 0 aliphatic carbocycles. The van der Waals surface area contributed by atoms with Crippen LogP contribution in [0.15, 0.2) is 46.5 Å². The molecule has 0 radical (unpaired) electrons. The fourth-order valence-electron chi connectivity index (χ4n) is 2.20. The van der Waals surface area contributed by atoms with Gasteiger partial charge >= 0.3 is 0 Å². The van der Waals surface area contributed by atoms with E-state index in [0.29, 0.717) is 11.8 Å². The molecular formula is C17H26N6S. The topological polar surface area (TPSA) is 58.3 Å². The Morgan fingerprint density at radius 3 is 2.75 bits per heavy atom. The molecule has 0 amide bonds. The molecule has 1 atom stereocenters. The van der Waals surface area contributed by atoms with Crippen molar-refractivity contribution in [2.45, 2.75) is 30.5 Å². The van der Waals surface area contributed by atoms with Gasteiger partial charge in [-0.05, 0) is 19.1 Å². The lowest BCUT2D eigenvalue weighted by Crippen LogP contribution is -2.39. The van der Waals surface area contributed by atoms with Crippen molar-refractivity contribution in [2.75, 3.05) is 20.1 Å². The van der Waals surface area contributed by atoms with Crippen LogP contribution in [0.4, 0.5) is 0 Å². The number of benzene rings is 1. The average molecular weight is 347 g/mol. The molecule has 0 aliphatic rings. The van der Waals surface area contributed by atoms with E-state index in [0.717, 1.165) is 24.9 Å². The summed E-state index contributed by atoms with van der Waals surface area (Å²) in [7, 11) is 3.92. The van der Waals surface area contributed by atoms with Gasteiger partial charge in [0.15, 0.2) is 5.96 Å². The second-order valence-corrected chi connectivity index (χ2v) is 7.10. The second-order valence-electron chi connectivity index (χ2n) is 5.59. The van der Waals surface area contributed by atoms with E-state index in [2.05, 4.69) is 58.4 Å². The van der Waals surface area contributed by atoms with E-state index in [-0.39, 0.29) is 0 Å². The second kappa shape index (κ2) is 9.32. The molecule has 1 N–H and O–H groups in total. The Bertz CT molecular complexity index is 640. The smallest absolute Gasteiger partial charge is 0.194 e. The van der Waals surface area contributed by atoms with Crippen molar-refractivity contribution in [1.29, 1.82) is 0 Å². The Hall–Kier alpha value is -2.02. The monoisotopic (exact) mass is 346 g/mol. The Morgan fingerprint density at radius 1 is 1.38 bits per heavy atom. The quantitative estimate of drug-likeness (QED) is 0.474. The molecule has 130 valence electrons. The van der Waals surface area contributed by atoms with Gasteiger partial charge in [0.25, 0.3) is 0 Å². The van der Waals surface area contributed by atoms with E-state index in [1.807, 2.05) is 31.9 Å². The summed E-state index contributed by atoms with van der Waals surface area (Å²) >= 11 is 1.84. The summed E-state index contributed by atoms with van der Waals surface area (Å²) in [5.41, 5.74) is 0. The van der Waals surface area contributed by atoms with Gasteiger partial charge in [0.1, 0.15) is 12.2 Å². The number of hydrogen-bond donors (Lipinski definition) is 1. The standard InChI is InChI=1S/C17H26N6S/c1-5-18-17(22(3)12-16-20-13-21-23(16)4)19-11-14(2)24-15-9-7-6-8-10-15/h6-10,13-14H,5,11-12H2,1-4H3,(H,18,19). The van der Waals surface area contributed by atoms with Crippen molar-refractivity contribution in [3.8, 4) is 0 Å². The normalized spacial score (nSPS) is 12.9. The summed E-state index contributed by atoms with van der Waals surface area (Å²) in [6.45, 7) is 6.54. The lowest BCUT2D eigenvalue weighted by molar-refractivity contribution is 0.448. The first-order valence-corrected chi connectivity index (χ1v) is 9.02. The first-order valence-electron chi connectivity index (χ1n) is 8.14. The summed E-state index contributed by atoms with van der Waals surface area (Å²) in [5, 5.41) is 7.86. The number of aryl methyl sites for hydroxylation is 1. The number of aliphatic imine (C=N–C) groups is 1. The Balaban J connectivity index is 1.95. The molecule has 1 unspecified atom stereocenters. The van der Waals surface area contributed by atoms with Crippen molar-refractivity contribution >= 4 is 17.7 Å². The molecule has 7 heteroatoms. The highest BCUT2D eigenvalue weighted by Gasteiger charge is 2.11. The van der Waals surface area contributed by atoms with E-state index >= 15 is 0 Å². The van der Waals surface area contributed by atoms with Gasteiger partial charge in [-0.25, -0.2) is 4.98 Å². The number of nitrogens with one attached hydrogen (secondary N) is 1. The maximum absolute atomic E-state index is 4.77. The maximum atomic E-state index is 4.77. The van der Waals surface area contributed by atoms with Gasteiger partial charge in [0, 0.05) is 30.8 Å². The minimum Gasteiger partial charge on any atom is -0.357 e. The van der Waals surface area contributed by atoms with Gasteiger partial charge in [-0.2, -0.15) is 5.10 Å². The number of nitrogens with zero attached hydrogens (tertiary/aromatic N) is 5. The van der Waals surface area contributed by atoms with Crippen LogP contribution in [0.1, 0.15) is 19.7 Å². The van der Waals surface area contributed by atoms with Crippen molar-refractivity contribution in [3.05, 3.63) is 42.5 Å². The van der Waals surface area contributed by atoms with E-state index in [4.69, 9.17) is 4.99 Å². The number of guanidine groups is 1. The third kappa shape index (κ3) is 5.56. The fraction of sp³-hybridized carbons (Fsp3) is 0.471. The largest absolute Gasteiger partial charge is 0.357 e. The van der Waals surface area contributed by atoms with Gasteiger partial charge in [-0.1, -0.05) is 25.1 Å². The predicted molar refractivity (Wildman–Crippen MR) is 100 cm³/mol. The summed E-state index contributed by atoms with van der Waals surface area (Å²) in [6.07, 6.45) is 1.58. The van der Waals surface area contributed by atoms with Gasteiger partial charge in [0.05, 0.1) is 13.1 Å². The zero-order valence-electron chi connectivity index (χ0n) is 14.8. The molecule has 24 heavy (non-hydrogen) atoms. The lowest BCUT2D eigenvalue weighted by Gasteiger charge is -2.22. The number of aromatic nitrogens is 3. The van der Waals surface area contributed by atoms with Crippen molar-refractivity contribution in [2.24, 2.45) is 12.0 Å². The molecule has 1 aromatic carbocycles. The third-order valence-electron chi connectivity index (χ3n) is 3.46. The van der Waals surface area contributed by atoms with Crippen molar-refractivity contribution < 1.29 is 0 Å². The summed E-state index contributed by atoms with van der Waals surface area (Å²) in [5.74, 6) is 1.80. The van der Waals surface area contributed by atoms with Gasteiger partial charge in [-0.15, -0.1) is 11.8 Å². The van der Waals surface area contributed by atoms with Crippen molar-refractivity contribution in [3.63, 3.8) is 0 Å². The van der Waals surface area contributed by atoms with Crippen LogP contribution in [-0.4, -0.2) is 51.0 Å². The average Bonchev–Trinajstić information content (AvgIpc) is 2.97. The number of thioether (sulfide) groups is 1. The molecule has 0 bridgehead atoms. The van der Waals surface area contributed by atoms with Crippen LogP contribution < -0.4 is 5.32 Å². The molecule has 0 saturated carbocycles. The molecule has 6 nitrogen and oxygen atoms in total. The van der Waals surface area contributed by atoms with Gasteiger partial charge < -0.3 is 10.2 Å². The van der Waals surface area contributed by atoms with Crippen LogP contribution in [0, 0.1) is 0 Å². The van der Waals surface area contributed by atoms with E-state index in [1.165, 1.54) is 4.90 Å². The first kappa shape index (κ1) is 18.3. The predicted octanol–water partition coefficient (Wildman–Crippen LogP) is 2.39. The Labute approximate surface area is 148 Å². The molecule has 0 fully saturated rings. The van der Waals surface area contributed by atoms with Crippen LogP contribution in [0.25, 0.3) is 0 Å². The Kier molecular flexibility index (Phi) is 7.11. The summed E-state index contributed by atoms with van der Waals surface area (Å²) < 4.78 is 1.79. The minimum atomic E-state index is 0.407. The Morgan fingerprint density at radius 2 is 2.12 bits per heavy atom. The fourth-order valence-corrected chi connectivity index (χ4v) is 3.13. The lowest BCUT2D eigenvalue weighted by atomic mass is 10.4. The molecule has 1 heterocycles. The van der Waals surface area contributed by atoms with Gasteiger partial charge in [-0.3, -0.25) is 9.67 Å². The molecule has 0 aliphatic heterocycles. The van der Waals surface area contributed by atoms with Crippen LogP contribution in [0.2, 0.25) is 0 Å². The number of hydrogen-bond acceptors (Lipinski definition) is 4. The molecule has 0 saturated heterocycles. The number of rotatable bonds is 7.